The van der Waals surface area contributed by atoms with E-state index in [2.05, 4.69) is 4.74 Å². The highest BCUT2D eigenvalue weighted by molar-refractivity contribution is 5.69. The monoisotopic (exact) mass is 185 g/mol. The summed E-state index contributed by atoms with van der Waals surface area (Å²) in [6, 6.07) is 0.358. The van der Waals surface area contributed by atoms with Gasteiger partial charge >= 0.3 is 5.97 Å². The molecule has 1 aliphatic rings. The van der Waals surface area contributed by atoms with E-state index in [1.54, 1.807) is 0 Å². The van der Waals surface area contributed by atoms with Gasteiger partial charge in [0.05, 0.1) is 7.11 Å². The lowest BCUT2D eigenvalue weighted by molar-refractivity contribution is -0.141. The van der Waals surface area contributed by atoms with Crippen molar-refractivity contribution < 1.29 is 9.53 Å². The van der Waals surface area contributed by atoms with Crippen LogP contribution >= 0.6 is 0 Å². The smallest absolute Gasteiger partial charge is 0.305 e. The Morgan fingerprint density at radius 2 is 2.31 bits per heavy atom. The van der Waals surface area contributed by atoms with Crippen molar-refractivity contribution in [1.82, 2.24) is 0 Å². The second-order valence-corrected chi connectivity index (χ2v) is 3.91. The van der Waals surface area contributed by atoms with Crippen molar-refractivity contribution in [2.75, 3.05) is 7.11 Å². The molecule has 76 valence electrons. The molecule has 3 heteroatoms. The van der Waals surface area contributed by atoms with E-state index in [4.69, 9.17) is 5.73 Å². The minimum Gasteiger partial charge on any atom is -0.469 e. The number of nitrogens with two attached hydrogens (primary N) is 1. The Balaban J connectivity index is 2.17. The highest BCUT2D eigenvalue weighted by atomic mass is 16.5. The fourth-order valence-electron chi connectivity index (χ4n) is 2.02. The third-order valence-electron chi connectivity index (χ3n) is 2.81. The molecule has 2 N–H and O–H groups in total. The van der Waals surface area contributed by atoms with E-state index in [9.17, 15) is 4.79 Å². The topological polar surface area (TPSA) is 52.3 Å². The Bertz CT molecular complexity index is 170. The SMILES string of the molecule is COC(=O)CCC1CCCC(N)C1. The van der Waals surface area contributed by atoms with Crippen molar-refractivity contribution in [3.8, 4) is 0 Å². The van der Waals surface area contributed by atoms with Crippen LogP contribution in [0.2, 0.25) is 0 Å². The lowest BCUT2D eigenvalue weighted by Crippen LogP contribution is -2.28. The minimum absolute atomic E-state index is 0.0980. The molecular formula is C10H19NO2. The first-order valence-electron chi connectivity index (χ1n) is 5.04. The molecule has 0 aliphatic heterocycles. The van der Waals surface area contributed by atoms with Gasteiger partial charge < -0.3 is 10.5 Å². The van der Waals surface area contributed by atoms with Crippen LogP contribution in [-0.4, -0.2) is 19.1 Å². The molecule has 0 radical (unpaired) electrons. The quantitative estimate of drug-likeness (QED) is 0.677. The number of carbonyl (C=O) groups excluding carboxylic acids is 1. The van der Waals surface area contributed by atoms with Gasteiger partial charge in [0.2, 0.25) is 0 Å². The fraction of sp³-hybridized carbons (Fsp3) is 0.900. The summed E-state index contributed by atoms with van der Waals surface area (Å²) in [5.41, 5.74) is 5.85. The minimum atomic E-state index is -0.0980. The summed E-state index contributed by atoms with van der Waals surface area (Å²) in [5.74, 6) is 0.544. The van der Waals surface area contributed by atoms with Gasteiger partial charge in [0, 0.05) is 12.5 Å². The molecule has 1 fully saturated rings. The standard InChI is InChI=1S/C10H19NO2/c1-13-10(12)6-5-8-3-2-4-9(11)7-8/h8-9H,2-7,11H2,1H3. The molecule has 3 nitrogen and oxygen atoms in total. The van der Waals surface area contributed by atoms with Crippen molar-refractivity contribution in [3.63, 3.8) is 0 Å². The van der Waals surface area contributed by atoms with Gasteiger partial charge in [-0.3, -0.25) is 4.79 Å². The van der Waals surface area contributed by atoms with Crippen molar-refractivity contribution >= 4 is 5.97 Å². The molecule has 0 aromatic rings. The first-order valence-corrected chi connectivity index (χ1v) is 5.04. The van der Waals surface area contributed by atoms with Crippen molar-refractivity contribution in [2.24, 2.45) is 11.7 Å². The maximum atomic E-state index is 10.9. The number of carbonyl (C=O) groups is 1. The van der Waals surface area contributed by atoms with E-state index in [0.29, 0.717) is 18.4 Å². The molecule has 0 amide bonds. The maximum Gasteiger partial charge on any atom is 0.305 e. The molecule has 0 aromatic carbocycles. The average molecular weight is 185 g/mol. The molecule has 1 rings (SSSR count). The van der Waals surface area contributed by atoms with Crippen LogP contribution in [0.15, 0.2) is 0 Å². The maximum absolute atomic E-state index is 10.9. The van der Waals surface area contributed by atoms with Gasteiger partial charge in [-0.15, -0.1) is 0 Å². The first-order chi connectivity index (χ1) is 6.22. The summed E-state index contributed by atoms with van der Waals surface area (Å²) in [4.78, 5) is 10.9. The van der Waals surface area contributed by atoms with Gasteiger partial charge in [-0.05, 0) is 25.2 Å². The number of esters is 1. The Morgan fingerprint density at radius 1 is 1.54 bits per heavy atom. The van der Waals surface area contributed by atoms with Gasteiger partial charge in [0.1, 0.15) is 0 Å². The summed E-state index contributed by atoms with van der Waals surface area (Å²) < 4.78 is 4.60. The van der Waals surface area contributed by atoms with E-state index in [1.807, 2.05) is 0 Å². The highest BCUT2D eigenvalue weighted by Gasteiger charge is 2.19. The van der Waals surface area contributed by atoms with Crippen LogP contribution in [0, 0.1) is 5.92 Å². The summed E-state index contributed by atoms with van der Waals surface area (Å²) >= 11 is 0. The van der Waals surface area contributed by atoms with Crippen LogP contribution in [0.1, 0.15) is 38.5 Å². The number of hydrogen-bond donors (Lipinski definition) is 1. The number of ether oxygens (including phenoxy) is 1. The third-order valence-corrected chi connectivity index (χ3v) is 2.81. The molecule has 0 heterocycles. The van der Waals surface area contributed by atoms with E-state index >= 15 is 0 Å². The van der Waals surface area contributed by atoms with Crippen LogP contribution < -0.4 is 5.73 Å². The molecule has 0 saturated heterocycles. The summed E-state index contributed by atoms with van der Waals surface area (Å²) in [7, 11) is 1.44. The average Bonchev–Trinajstić information content (AvgIpc) is 2.14. The normalized spacial score (nSPS) is 28.5. The molecule has 13 heavy (non-hydrogen) atoms. The number of methoxy groups -OCH3 is 1. The van der Waals surface area contributed by atoms with Gasteiger partial charge in [-0.1, -0.05) is 12.8 Å². The van der Waals surface area contributed by atoms with Gasteiger partial charge in [-0.2, -0.15) is 0 Å². The van der Waals surface area contributed by atoms with Gasteiger partial charge in [0.25, 0.3) is 0 Å². The molecular weight excluding hydrogens is 166 g/mol. The van der Waals surface area contributed by atoms with E-state index < -0.39 is 0 Å². The predicted octanol–water partition coefficient (Wildman–Crippen LogP) is 1.46. The first kappa shape index (κ1) is 10.5. The Morgan fingerprint density at radius 3 is 2.92 bits per heavy atom. The summed E-state index contributed by atoms with van der Waals surface area (Å²) in [5, 5.41) is 0. The van der Waals surface area contributed by atoms with Gasteiger partial charge in [-0.25, -0.2) is 0 Å². The van der Waals surface area contributed by atoms with Crippen molar-refractivity contribution in [1.29, 1.82) is 0 Å². The van der Waals surface area contributed by atoms with Gasteiger partial charge in [0.15, 0.2) is 0 Å². The van der Waals surface area contributed by atoms with Crippen LogP contribution in [0.5, 0.6) is 0 Å². The molecule has 1 saturated carbocycles. The number of hydrogen-bond acceptors (Lipinski definition) is 3. The second kappa shape index (κ2) is 5.22. The van der Waals surface area contributed by atoms with Crippen LogP contribution in [0.4, 0.5) is 0 Å². The van der Waals surface area contributed by atoms with E-state index in [0.717, 1.165) is 19.3 Å². The zero-order chi connectivity index (χ0) is 9.68. The molecule has 2 unspecified atom stereocenters. The molecule has 0 bridgehead atoms. The van der Waals surface area contributed by atoms with Crippen LogP contribution in [-0.2, 0) is 9.53 Å². The summed E-state index contributed by atoms with van der Waals surface area (Å²) in [6.45, 7) is 0. The lowest BCUT2D eigenvalue weighted by Gasteiger charge is -2.26. The summed E-state index contributed by atoms with van der Waals surface area (Å²) in [6.07, 6.45) is 6.16. The molecule has 2 atom stereocenters. The Kier molecular flexibility index (Phi) is 4.22. The number of rotatable bonds is 3. The van der Waals surface area contributed by atoms with Crippen molar-refractivity contribution in [3.05, 3.63) is 0 Å². The highest BCUT2D eigenvalue weighted by Crippen LogP contribution is 2.26. The fourth-order valence-corrected chi connectivity index (χ4v) is 2.02. The Hall–Kier alpha value is -0.570. The molecule has 0 spiro atoms. The van der Waals surface area contributed by atoms with Crippen LogP contribution in [0.3, 0.4) is 0 Å². The Labute approximate surface area is 79.6 Å². The zero-order valence-electron chi connectivity index (χ0n) is 8.29. The molecule has 1 aliphatic carbocycles. The van der Waals surface area contributed by atoms with Crippen molar-refractivity contribution in [2.45, 2.75) is 44.6 Å². The van der Waals surface area contributed by atoms with E-state index in [1.165, 1.54) is 20.0 Å². The molecule has 0 aromatic heterocycles. The van der Waals surface area contributed by atoms with Crippen LogP contribution in [0.25, 0.3) is 0 Å². The predicted molar refractivity (Wildman–Crippen MR) is 51.2 cm³/mol. The second-order valence-electron chi connectivity index (χ2n) is 3.91. The largest absolute Gasteiger partial charge is 0.469 e. The zero-order valence-corrected chi connectivity index (χ0v) is 8.29. The lowest BCUT2D eigenvalue weighted by atomic mass is 9.83. The third kappa shape index (κ3) is 3.77. The van der Waals surface area contributed by atoms with E-state index in [-0.39, 0.29) is 5.97 Å².